The quantitative estimate of drug-likeness (QED) is 0.339. The number of nitriles is 1. The second kappa shape index (κ2) is 10.9. The number of esters is 1. The molecule has 0 aliphatic carbocycles. The van der Waals surface area contributed by atoms with E-state index in [-0.39, 0.29) is 19.8 Å². The number of nitrogens with zero attached hydrogens (tertiary/aromatic N) is 1. The Balaban J connectivity index is 1.81. The Morgan fingerprint density at radius 2 is 2.00 bits per heavy atom. The molecule has 0 aliphatic heterocycles. The first kappa shape index (κ1) is 20.3. The summed E-state index contributed by atoms with van der Waals surface area (Å²) in [4.78, 5) is 11.8. The standard InChI is InChI=1S/C20H18BrNO5/c1-24-19-13-15(5-7-18(19)26-10-9-22)6-8-20(23)27-12-11-25-17-4-2-3-16(21)14-17/h2-8,13-14H,10-12H2,1H3/b8-6+. The van der Waals surface area contributed by atoms with E-state index >= 15 is 0 Å². The monoisotopic (exact) mass is 431 g/mol. The average molecular weight is 432 g/mol. The van der Waals surface area contributed by atoms with Crippen molar-refractivity contribution in [2.24, 2.45) is 0 Å². The summed E-state index contributed by atoms with van der Waals surface area (Å²) in [6.45, 7) is 0.328. The van der Waals surface area contributed by atoms with Gasteiger partial charge in [0.25, 0.3) is 0 Å². The van der Waals surface area contributed by atoms with Crippen molar-refractivity contribution in [1.82, 2.24) is 0 Å². The predicted molar refractivity (Wildman–Crippen MR) is 104 cm³/mol. The van der Waals surface area contributed by atoms with Gasteiger partial charge in [0.05, 0.1) is 7.11 Å². The molecule has 7 heteroatoms. The zero-order valence-corrected chi connectivity index (χ0v) is 16.3. The number of rotatable bonds is 9. The van der Waals surface area contributed by atoms with Crippen molar-refractivity contribution in [3.8, 4) is 23.3 Å². The zero-order valence-electron chi connectivity index (χ0n) is 14.7. The zero-order chi connectivity index (χ0) is 19.5. The third-order valence-electron chi connectivity index (χ3n) is 3.28. The fraction of sp³-hybridized carbons (Fsp3) is 0.200. The van der Waals surface area contributed by atoms with Gasteiger partial charge in [0.2, 0.25) is 0 Å². The molecule has 2 aromatic rings. The van der Waals surface area contributed by atoms with E-state index in [9.17, 15) is 4.79 Å². The van der Waals surface area contributed by atoms with Gasteiger partial charge in [0.15, 0.2) is 18.1 Å². The van der Waals surface area contributed by atoms with Gasteiger partial charge in [-0.2, -0.15) is 5.26 Å². The largest absolute Gasteiger partial charge is 0.493 e. The number of hydrogen-bond acceptors (Lipinski definition) is 6. The first-order valence-electron chi connectivity index (χ1n) is 8.03. The molecule has 0 bridgehead atoms. The van der Waals surface area contributed by atoms with Crippen LogP contribution in [-0.2, 0) is 9.53 Å². The second-order valence-corrected chi connectivity index (χ2v) is 6.08. The highest BCUT2D eigenvalue weighted by molar-refractivity contribution is 9.10. The highest BCUT2D eigenvalue weighted by Crippen LogP contribution is 2.28. The van der Waals surface area contributed by atoms with Gasteiger partial charge in [0.1, 0.15) is 25.0 Å². The van der Waals surface area contributed by atoms with Crippen molar-refractivity contribution in [2.45, 2.75) is 0 Å². The molecule has 0 spiro atoms. The topological polar surface area (TPSA) is 77.8 Å². The van der Waals surface area contributed by atoms with Crippen molar-refractivity contribution in [2.75, 3.05) is 26.9 Å². The molecule has 2 aromatic carbocycles. The first-order valence-corrected chi connectivity index (χ1v) is 8.82. The smallest absolute Gasteiger partial charge is 0.330 e. The van der Waals surface area contributed by atoms with E-state index < -0.39 is 5.97 Å². The summed E-state index contributed by atoms with van der Waals surface area (Å²) >= 11 is 3.36. The fourth-order valence-corrected chi connectivity index (χ4v) is 2.47. The molecule has 0 aliphatic rings. The number of carbonyl (C=O) groups is 1. The molecule has 0 saturated heterocycles. The summed E-state index contributed by atoms with van der Waals surface area (Å²) in [5.41, 5.74) is 0.735. The van der Waals surface area contributed by atoms with Crippen molar-refractivity contribution in [1.29, 1.82) is 5.26 Å². The summed E-state index contributed by atoms with van der Waals surface area (Å²) in [7, 11) is 1.50. The van der Waals surface area contributed by atoms with Crippen LogP contribution in [0.15, 0.2) is 53.0 Å². The van der Waals surface area contributed by atoms with Crippen LogP contribution in [0.3, 0.4) is 0 Å². The number of carbonyl (C=O) groups excluding carboxylic acids is 1. The summed E-state index contributed by atoms with van der Waals surface area (Å²) in [5, 5.41) is 8.57. The lowest BCUT2D eigenvalue weighted by atomic mass is 10.2. The molecule has 6 nitrogen and oxygen atoms in total. The fourth-order valence-electron chi connectivity index (χ4n) is 2.09. The lowest BCUT2D eigenvalue weighted by Gasteiger charge is -2.09. The van der Waals surface area contributed by atoms with Gasteiger partial charge < -0.3 is 18.9 Å². The third-order valence-corrected chi connectivity index (χ3v) is 3.78. The summed E-state index contributed by atoms with van der Waals surface area (Å²) in [6, 6.07) is 14.4. The first-order chi connectivity index (χ1) is 13.1. The van der Waals surface area contributed by atoms with Crippen LogP contribution in [0.25, 0.3) is 6.08 Å². The van der Waals surface area contributed by atoms with E-state index in [0.29, 0.717) is 17.2 Å². The summed E-state index contributed by atoms with van der Waals surface area (Å²) in [5.74, 6) is 1.16. The Hall–Kier alpha value is -2.98. The van der Waals surface area contributed by atoms with Crippen LogP contribution in [0.4, 0.5) is 0 Å². The molecular formula is C20H18BrNO5. The van der Waals surface area contributed by atoms with E-state index in [1.807, 2.05) is 30.3 Å². The molecule has 0 radical (unpaired) electrons. The van der Waals surface area contributed by atoms with Crippen LogP contribution in [0.5, 0.6) is 17.2 Å². The lowest BCUT2D eigenvalue weighted by Crippen LogP contribution is -2.10. The van der Waals surface area contributed by atoms with Crippen LogP contribution in [0.2, 0.25) is 0 Å². The van der Waals surface area contributed by atoms with Gasteiger partial charge in [-0.05, 0) is 42.0 Å². The normalized spacial score (nSPS) is 10.3. The molecule has 0 N–H and O–H groups in total. The Morgan fingerprint density at radius 1 is 1.15 bits per heavy atom. The molecular weight excluding hydrogens is 414 g/mol. The predicted octanol–water partition coefficient (Wildman–Crippen LogP) is 4.00. The van der Waals surface area contributed by atoms with Crippen molar-refractivity contribution >= 4 is 28.0 Å². The maximum absolute atomic E-state index is 11.8. The second-order valence-electron chi connectivity index (χ2n) is 5.16. The van der Waals surface area contributed by atoms with E-state index in [2.05, 4.69) is 15.9 Å². The van der Waals surface area contributed by atoms with Gasteiger partial charge in [-0.25, -0.2) is 4.79 Å². The number of halogens is 1. The minimum absolute atomic E-state index is 0.0696. The highest BCUT2D eigenvalue weighted by atomic mass is 79.9. The lowest BCUT2D eigenvalue weighted by molar-refractivity contribution is -0.138. The van der Waals surface area contributed by atoms with Crippen LogP contribution < -0.4 is 14.2 Å². The molecule has 27 heavy (non-hydrogen) atoms. The van der Waals surface area contributed by atoms with Gasteiger partial charge in [-0.15, -0.1) is 0 Å². The Morgan fingerprint density at radius 3 is 2.74 bits per heavy atom. The number of methoxy groups -OCH3 is 1. The summed E-state index contributed by atoms with van der Waals surface area (Å²) in [6.07, 6.45) is 2.93. The third kappa shape index (κ3) is 7.04. The molecule has 2 rings (SSSR count). The van der Waals surface area contributed by atoms with Crippen LogP contribution in [0.1, 0.15) is 5.56 Å². The van der Waals surface area contributed by atoms with E-state index in [1.54, 1.807) is 24.3 Å². The van der Waals surface area contributed by atoms with Gasteiger partial charge in [-0.3, -0.25) is 0 Å². The maximum Gasteiger partial charge on any atom is 0.330 e. The van der Waals surface area contributed by atoms with E-state index in [0.717, 1.165) is 10.0 Å². The van der Waals surface area contributed by atoms with Crippen LogP contribution >= 0.6 is 15.9 Å². The molecule has 0 saturated carbocycles. The van der Waals surface area contributed by atoms with Crippen LogP contribution in [-0.4, -0.2) is 32.9 Å². The van der Waals surface area contributed by atoms with Gasteiger partial charge in [0, 0.05) is 10.5 Å². The number of hydrogen-bond donors (Lipinski definition) is 0. The SMILES string of the molecule is COc1cc(/C=C/C(=O)OCCOc2cccc(Br)c2)ccc1OCC#N. The Kier molecular flexibility index (Phi) is 8.20. The molecule has 140 valence electrons. The van der Waals surface area contributed by atoms with Crippen LogP contribution in [0, 0.1) is 11.3 Å². The number of ether oxygens (including phenoxy) is 4. The van der Waals surface area contributed by atoms with Crippen molar-refractivity contribution in [3.63, 3.8) is 0 Å². The van der Waals surface area contributed by atoms with E-state index in [1.165, 1.54) is 13.2 Å². The minimum Gasteiger partial charge on any atom is -0.493 e. The molecule has 0 heterocycles. The van der Waals surface area contributed by atoms with Gasteiger partial charge in [-0.1, -0.05) is 28.1 Å². The molecule has 0 fully saturated rings. The molecule has 0 unspecified atom stereocenters. The maximum atomic E-state index is 11.8. The van der Waals surface area contributed by atoms with Crippen molar-refractivity contribution < 1.29 is 23.7 Å². The average Bonchev–Trinajstić information content (AvgIpc) is 2.68. The van der Waals surface area contributed by atoms with Gasteiger partial charge >= 0.3 is 5.97 Å². The Bertz CT molecular complexity index is 845. The van der Waals surface area contributed by atoms with Crippen molar-refractivity contribution in [3.05, 3.63) is 58.6 Å². The Labute approximate surface area is 166 Å². The molecule has 0 amide bonds. The molecule has 0 aromatic heterocycles. The molecule has 0 atom stereocenters. The van der Waals surface area contributed by atoms with E-state index in [4.69, 9.17) is 24.2 Å². The minimum atomic E-state index is -0.475. The summed E-state index contributed by atoms with van der Waals surface area (Å²) < 4.78 is 22.0. The number of benzene rings is 2. The highest BCUT2D eigenvalue weighted by Gasteiger charge is 2.05.